The van der Waals surface area contributed by atoms with Gasteiger partial charge in [0.1, 0.15) is 0 Å². The molecular formula is C20H29N3O6S. The third-order valence-corrected chi connectivity index (χ3v) is 7.27. The molecule has 2 saturated heterocycles. The van der Waals surface area contributed by atoms with E-state index in [1.165, 1.54) is 35.7 Å². The Bertz CT molecular complexity index is 863. The van der Waals surface area contributed by atoms with Crippen molar-refractivity contribution in [2.45, 2.75) is 43.8 Å². The van der Waals surface area contributed by atoms with E-state index in [9.17, 15) is 18.0 Å². The van der Waals surface area contributed by atoms with E-state index in [2.05, 4.69) is 10.1 Å². The number of methoxy groups -OCH3 is 1. The van der Waals surface area contributed by atoms with Gasteiger partial charge in [-0.3, -0.25) is 10.1 Å². The minimum Gasteiger partial charge on any atom is -0.453 e. The van der Waals surface area contributed by atoms with Crippen molar-refractivity contribution >= 4 is 27.7 Å². The van der Waals surface area contributed by atoms with Crippen LogP contribution >= 0.6 is 0 Å². The molecule has 3 rings (SSSR count). The Morgan fingerprint density at radius 1 is 1.10 bits per heavy atom. The summed E-state index contributed by atoms with van der Waals surface area (Å²) in [6, 6.07) is 5.90. The molecule has 30 heavy (non-hydrogen) atoms. The molecule has 0 aliphatic carbocycles. The van der Waals surface area contributed by atoms with Crippen molar-refractivity contribution in [3.63, 3.8) is 0 Å². The van der Waals surface area contributed by atoms with Crippen LogP contribution in [0.3, 0.4) is 0 Å². The standard InChI is InChI=1S/C20H29N3O6S/c1-14-11-22(12-15(2)29-14)19(24)16-5-4-10-23(13-16)30(26,27)18-8-6-17(7-9-18)21-20(25)28-3/h6-9,14-16H,4-5,10-13H2,1-3H3,(H,21,25)/t14-,15-,16+/m0/s1. The van der Waals surface area contributed by atoms with Crippen molar-refractivity contribution in [2.75, 3.05) is 38.6 Å². The molecule has 1 N–H and O–H groups in total. The molecule has 1 aromatic carbocycles. The Balaban J connectivity index is 1.69. The molecule has 1 aromatic rings. The Morgan fingerprint density at radius 3 is 2.33 bits per heavy atom. The van der Waals surface area contributed by atoms with Gasteiger partial charge in [0, 0.05) is 31.9 Å². The summed E-state index contributed by atoms with van der Waals surface area (Å²) in [5.74, 6) is -0.360. The molecule has 0 unspecified atom stereocenters. The van der Waals surface area contributed by atoms with Gasteiger partial charge in [-0.1, -0.05) is 0 Å². The fourth-order valence-corrected chi connectivity index (χ4v) is 5.53. The molecule has 9 nitrogen and oxygen atoms in total. The van der Waals surface area contributed by atoms with E-state index in [0.717, 1.165) is 0 Å². The summed E-state index contributed by atoms with van der Waals surface area (Å²) < 4.78 is 37.8. The van der Waals surface area contributed by atoms with Gasteiger partial charge in [-0.25, -0.2) is 13.2 Å². The first-order valence-corrected chi connectivity index (χ1v) is 11.5. The van der Waals surface area contributed by atoms with Gasteiger partial charge in [-0.15, -0.1) is 0 Å². The second-order valence-electron chi connectivity index (χ2n) is 7.84. The number of morpholine rings is 1. The summed E-state index contributed by atoms with van der Waals surface area (Å²) in [6.45, 7) is 5.48. The maximum Gasteiger partial charge on any atom is 0.411 e. The lowest BCUT2D eigenvalue weighted by molar-refractivity contribution is -0.148. The van der Waals surface area contributed by atoms with Crippen LogP contribution in [0.25, 0.3) is 0 Å². The van der Waals surface area contributed by atoms with Crippen molar-refractivity contribution < 1.29 is 27.5 Å². The van der Waals surface area contributed by atoms with Crippen LogP contribution in [0.2, 0.25) is 0 Å². The lowest BCUT2D eigenvalue weighted by Crippen LogP contribution is -2.53. The summed E-state index contributed by atoms with van der Waals surface area (Å²) >= 11 is 0. The second kappa shape index (κ2) is 9.32. The molecule has 0 aromatic heterocycles. The third-order valence-electron chi connectivity index (χ3n) is 5.39. The zero-order valence-electron chi connectivity index (χ0n) is 17.5. The largest absolute Gasteiger partial charge is 0.453 e. The first-order chi connectivity index (χ1) is 14.2. The summed E-state index contributed by atoms with van der Waals surface area (Å²) in [5, 5.41) is 2.49. The molecule has 0 bridgehead atoms. The topological polar surface area (TPSA) is 105 Å². The normalized spacial score (nSPS) is 25.6. The fourth-order valence-electron chi connectivity index (χ4n) is 4.01. The van der Waals surface area contributed by atoms with Gasteiger partial charge in [-0.2, -0.15) is 4.31 Å². The molecule has 2 fully saturated rings. The van der Waals surface area contributed by atoms with Gasteiger partial charge < -0.3 is 14.4 Å². The predicted molar refractivity (Wildman–Crippen MR) is 111 cm³/mol. The minimum absolute atomic E-state index is 0.00507. The van der Waals surface area contributed by atoms with Crippen molar-refractivity contribution in [3.05, 3.63) is 24.3 Å². The van der Waals surface area contributed by atoms with Gasteiger partial charge >= 0.3 is 6.09 Å². The SMILES string of the molecule is COC(=O)Nc1ccc(S(=O)(=O)N2CCC[C@@H](C(=O)N3C[C@H](C)O[C@@H](C)C3)C2)cc1. The number of piperidine rings is 1. The van der Waals surface area contributed by atoms with E-state index in [0.29, 0.717) is 38.2 Å². The van der Waals surface area contributed by atoms with Crippen LogP contribution in [0, 0.1) is 5.92 Å². The molecule has 3 atom stereocenters. The average molecular weight is 440 g/mol. The van der Waals surface area contributed by atoms with Crippen molar-refractivity contribution in [3.8, 4) is 0 Å². The van der Waals surface area contributed by atoms with E-state index >= 15 is 0 Å². The van der Waals surface area contributed by atoms with Crippen LogP contribution in [-0.2, 0) is 24.3 Å². The molecule has 2 heterocycles. The van der Waals surface area contributed by atoms with E-state index in [1.54, 1.807) is 4.90 Å². The highest BCUT2D eigenvalue weighted by Gasteiger charge is 2.36. The van der Waals surface area contributed by atoms with Gasteiger partial charge in [0.05, 0.1) is 30.1 Å². The molecule has 0 radical (unpaired) electrons. The van der Waals surface area contributed by atoms with E-state index in [1.807, 2.05) is 13.8 Å². The zero-order chi connectivity index (χ0) is 21.9. The highest BCUT2D eigenvalue weighted by molar-refractivity contribution is 7.89. The second-order valence-corrected chi connectivity index (χ2v) is 9.78. The lowest BCUT2D eigenvalue weighted by atomic mass is 9.97. The number of carbonyl (C=O) groups excluding carboxylic acids is 2. The molecule has 10 heteroatoms. The summed E-state index contributed by atoms with van der Waals surface area (Å²) in [7, 11) is -2.49. The van der Waals surface area contributed by atoms with E-state index in [-0.39, 0.29) is 35.5 Å². The fraction of sp³-hybridized carbons (Fsp3) is 0.600. The molecule has 2 aliphatic rings. The van der Waals surface area contributed by atoms with Crippen molar-refractivity contribution in [2.24, 2.45) is 5.92 Å². The number of amides is 2. The highest BCUT2D eigenvalue weighted by atomic mass is 32.2. The summed E-state index contributed by atoms with van der Waals surface area (Å²) in [4.78, 5) is 26.2. The number of hydrogen-bond acceptors (Lipinski definition) is 6. The maximum absolute atomic E-state index is 13.1. The molecule has 0 saturated carbocycles. The Labute approximate surface area is 177 Å². The summed E-state index contributed by atoms with van der Waals surface area (Å²) in [6.07, 6.45) is 0.617. The van der Waals surface area contributed by atoms with Crippen LogP contribution < -0.4 is 5.32 Å². The van der Waals surface area contributed by atoms with Crippen LogP contribution in [0.15, 0.2) is 29.2 Å². The van der Waals surface area contributed by atoms with Crippen LogP contribution in [0.5, 0.6) is 0 Å². The minimum atomic E-state index is -3.74. The van der Waals surface area contributed by atoms with Gasteiger partial charge in [0.15, 0.2) is 0 Å². The number of carbonyl (C=O) groups is 2. The highest BCUT2D eigenvalue weighted by Crippen LogP contribution is 2.27. The molecule has 166 valence electrons. The maximum atomic E-state index is 13.1. The average Bonchev–Trinajstić information content (AvgIpc) is 2.73. The van der Waals surface area contributed by atoms with Crippen molar-refractivity contribution in [1.82, 2.24) is 9.21 Å². The number of hydrogen-bond donors (Lipinski definition) is 1. The monoisotopic (exact) mass is 439 g/mol. The Morgan fingerprint density at radius 2 is 1.73 bits per heavy atom. The van der Waals surface area contributed by atoms with Gasteiger partial charge in [0.2, 0.25) is 15.9 Å². The first-order valence-electron chi connectivity index (χ1n) is 10.1. The number of ether oxygens (including phenoxy) is 2. The summed E-state index contributed by atoms with van der Waals surface area (Å²) in [5.41, 5.74) is 0.433. The zero-order valence-corrected chi connectivity index (χ0v) is 18.4. The molecule has 0 spiro atoms. The van der Waals surface area contributed by atoms with Gasteiger partial charge in [0.25, 0.3) is 0 Å². The molecule has 2 aliphatic heterocycles. The number of nitrogens with one attached hydrogen (secondary N) is 1. The number of sulfonamides is 1. The number of anilines is 1. The van der Waals surface area contributed by atoms with E-state index in [4.69, 9.17) is 4.74 Å². The van der Waals surface area contributed by atoms with Crippen LogP contribution in [0.4, 0.5) is 10.5 Å². The van der Waals surface area contributed by atoms with Crippen LogP contribution in [0.1, 0.15) is 26.7 Å². The predicted octanol–water partition coefficient (Wildman–Crippen LogP) is 1.90. The van der Waals surface area contributed by atoms with Crippen LogP contribution in [-0.4, -0.2) is 75.1 Å². The number of rotatable bonds is 4. The smallest absolute Gasteiger partial charge is 0.411 e. The number of benzene rings is 1. The third kappa shape index (κ3) is 5.11. The molecular weight excluding hydrogens is 410 g/mol. The van der Waals surface area contributed by atoms with E-state index < -0.39 is 16.1 Å². The first kappa shape index (κ1) is 22.5. The molecule has 2 amide bonds. The lowest BCUT2D eigenvalue weighted by Gasteiger charge is -2.39. The quantitative estimate of drug-likeness (QED) is 0.768. The van der Waals surface area contributed by atoms with Gasteiger partial charge in [-0.05, 0) is 51.0 Å². The van der Waals surface area contributed by atoms with Crippen molar-refractivity contribution in [1.29, 1.82) is 0 Å². The Hall–Kier alpha value is -2.17. The number of nitrogens with zero attached hydrogens (tertiary/aromatic N) is 2. The Kier molecular flexibility index (Phi) is 6.99.